The monoisotopic (exact) mass is 1190 g/mol. The van der Waals surface area contributed by atoms with Gasteiger partial charge in [0.25, 0.3) is 0 Å². The number of benzene rings is 5. The number of unbranched alkanes of at least 4 members (excludes halogenated alkanes) is 1. The van der Waals surface area contributed by atoms with E-state index in [9.17, 15) is 44.1 Å². The number of ether oxygens (including phenoxy) is 3. The number of esters is 2. The number of para-hydroxylation sites is 5. The van der Waals surface area contributed by atoms with Crippen LogP contribution >= 0.6 is 0 Å². The smallest absolute Gasteiger partial charge is 0.465 e. The first-order chi connectivity index (χ1) is 40.4. The van der Waals surface area contributed by atoms with Crippen molar-refractivity contribution in [2.75, 3.05) is 42.8 Å². The zero-order valence-corrected chi connectivity index (χ0v) is 50.5. The van der Waals surface area contributed by atoms with E-state index in [1.165, 1.54) is 51.4 Å². The summed E-state index contributed by atoms with van der Waals surface area (Å²) in [7, 11) is -12.0. The first-order valence-corrected chi connectivity index (χ1v) is 29.0. The van der Waals surface area contributed by atoms with E-state index >= 15 is 0 Å². The van der Waals surface area contributed by atoms with Gasteiger partial charge in [-0.3, -0.25) is 9.59 Å². The third-order valence-electron chi connectivity index (χ3n) is 13.6. The second-order valence-corrected chi connectivity index (χ2v) is 20.4. The van der Waals surface area contributed by atoms with Gasteiger partial charge in [0.2, 0.25) is 0 Å². The van der Waals surface area contributed by atoms with Gasteiger partial charge in [0.15, 0.2) is 31.3 Å². The zero-order chi connectivity index (χ0) is 62.8. The van der Waals surface area contributed by atoms with Crippen LogP contribution in [0.2, 0.25) is 0 Å². The van der Waals surface area contributed by atoms with Gasteiger partial charge in [0.1, 0.15) is 13.2 Å². The van der Waals surface area contributed by atoms with Crippen molar-refractivity contribution in [1.82, 2.24) is 0 Å². The zero-order valence-electron chi connectivity index (χ0n) is 50.5. The van der Waals surface area contributed by atoms with Gasteiger partial charge < -0.3 is 58.5 Å². The molecule has 0 spiro atoms. The van der Waals surface area contributed by atoms with Crippen molar-refractivity contribution in [3.63, 3.8) is 0 Å². The van der Waals surface area contributed by atoms with Crippen LogP contribution in [0.1, 0.15) is 111 Å². The van der Waals surface area contributed by atoms with Gasteiger partial charge in [-0.2, -0.15) is 0 Å². The number of carbonyl (C=O) groups excluding carboxylic acids is 2. The van der Waals surface area contributed by atoms with Gasteiger partial charge in [-0.05, 0) is 119 Å². The maximum Gasteiger partial charge on any atom is 0.673 e. The van der Waals surface area contributed by atoms with E-state index in [1.54, 1.807) is 0 Å². The van der Waals surface area contributed by atoms with Crippen molar-refractivity contribution >= 4 is 54.9 Å². The molecule has 0 bridgehead atoms. The summed E-state index contributed by atoms with van der Waals surface area (Å²) in [5.41, 5.74) is 10.8. The fraction of sp³-hybridized carbons (Fsp3) is 0.364. The normalized spacial score (nSPS) is 12.2. The van der Waals surface area contributed by atoms with Crippen molar-refractivity contribution in [3.05, 3.63) is 200 Å². The summed E-state index contributed by atoms with van der Waals surface area (Å²) in [6, 6.07) is 57.4. The molecule has 0 radical (unpaired) electrons. The summed E-state index contributed by atoms with van der Waals surface area (Å²) in [5.74, 6) is 0.484. The standard InChI is InChI=1S/C28H32N2O2.C19H20N2.C10H14.C9H18O3.2BF4/c1-4-28(2,3)27(31)32-21-13-12-20-29-23-16-8-10-18-25(23)30(22-14-6-5-7-15-22)26-19-11-9-17-24(26)29;1-2-20-12-8-18(9-13-20)19-10-14-21(15-11-19)16-17-6-4-3-5-7-17;1-3-9(2)10-7-5-4-6-8-10;1-4-8(3)9(10)12-7-6-11-5-2;2*2-1(3,4)5/h5-11,14-19H,4,12-13,20-21H2,1-3H3;3-15H,2,16H2,1H3;4-9H,3H2,1-2H3;8H,4-7H2,1-3H3;;/q;+2;;;2*-1. The van der Waals surface area contributed by atoms with Gasteiger partial charge in [0.05, 0.1) is 47.3 Å². The van der Waals surface area contributed by atoms with Crippen LogP contribution in [0, 0.1) is 11.3 Å². The number of carbonyl (C=O) groups is 2. The number of aromatic nitrogens is 2. The number of fused-ring (bicyclic) bond motifs is 2. The van der Waals surface area contributed by atoms with Crippen LogP contribution in [-0.4, -0.2) is 59.4 Å². The Morgan fingerprint density at radius 3 is 1.42 bits per heavy atom. The van der Waals surface area contributed by atoms with Crippen LogP contribution in [0.15, 0.2) is 189 Å². The highest BCUT2D eigenvalue weighted by molar-refractivity contribution is 6.50. The first kappa shape index (κ1) is 71.7. The van der Waals surface area contributed by atoms with Gasteiger partial charge >= 0.3 is 26.4 Å². The minimum Gasteiger partial charge on any atom is -0.465 e. The van der Waals surface area contributed by atoms with Crippen LogP contribution in [0.4, 0.5) is 63.0 Å². The SMILES string of the molecule is CCC(C)(C)C(=O)OCCCCN1c2ccccc2N(c2ccccc2)c2ccccc21.CCC(C)c1ccccc1.CCOCCOC(=O)C(C)CC.CC[n+]1ccc(-c2cc[n+](Cc3ccccc3)cc2)cc1.F[B-](F)(F)F.F[B-](F)(F)F. The lowest BCUT2D eigenvalue weighted by molar-refractivity contribution is -0.693. The van der Waals surface area contributed by atoms with Gasteiger partial charge in [-0.15, -0.1) is 0 Å². The van der Waals surface area contributed by atoms with Crippen LogP contribution in [0.5, 0.6) is 0 Å². The quantitative estimate of drug-likeness (QED) is 0.0247. The topological polar surface area (TPSA) is 76.1 Å². The molecule has 2 unspecified atom stereocenters. The molecule has 2 aromatic heterocycles. The second-order valence-electron chi connectivity index (χ2n) is 20.4. The molecule has 0 saturated heterocycles. The van der Waals surface area contributed by atoms with E-state index in [-0.39, 0.29) is 17.9 Å². The second kappa shape index (κ2) is 37.7. The summed E-state index contributed by atoms with van der Waals surface area (Å²) in [4.78, 5) is 28.0. The van der Waals surface area contributed by atoms with Crippen molar-refractivity contribution < 1.29 is 67.5 Å². The van der Waals surface area contributed by atoms with Crippen molar-refractivity contribution in [3.8, 4) is 11.1 Å². The molecule has 7 aromatic rings. The average Bonchev–Trinajstić information content (AvgIpc) is 3.56. The molecule has 0 fully saturated rings. The molecule has 1 aliphatic rings. The third kappa shape index (κ3) is 27.8. The van der Waals surface area contributed by atoms with E-state index in [1.807, 2.05) is 47.6 Å². The Balaban J connectivity index is 0.000000305. The lowest BCUT2D eigenvalue weighted by Gasteiger charge is -2.40. The summed E-state index contributed by atoms with van der Waals surface area (Å²) in [6.45, 7) is 23.1. The minimum atomic E-state index is -6.00. The van der Waals surface area contributed by atoms with Gasteiger partial charge in [0, 0.05) is 48.7 Å². The molecule has 1 aliphatic heterocycles. The largest absolute Gasteiger partial charge is 0.673 e. The predicted octanol–water partition coefficient (Wildman–Crippen LogP) is 17.8. The fourth-order valence-electron chi connectivity index (χ4n) is 8.08. The minimum absolute atomic E-state index is 0.00614. The molecule has 2 atom stereocenters. The lowest BCUT2D eigenvalue weighted by Crippen LogP contribution is -2.33. The molecule has 0 aliphatic carbocycles. The molecule has 0 N–H and O–H groups in total. The summed E-state index contributed by atoms with van der Waals surface area (Å²) >= 11 is 0. The van der Waals surface area contributed by atoms with Crippen molar-refractivity contribution in [2.24, 2.45) is 11.3 Å². The Kier molecular flexibility index (Phi) is 31.8. The van der Waals surface area contributed by atoms with Crippen LogP contribution in [-0.2, 0) is 36.9 Å². The van der Waals surface area contributed by atoms with Gasteiger partial charge in [-0.25, -0.2) is 9.13 Å². The molecule has 3 heterocycles. The van der Waals surface area contributed by atoms with Crippen LogP contribution in [0.3, 0.4) is 0 Å². The van der Waals surface area contributed by atoms with E-state index in [4.69, 9.17) is 14.2 Å². The molecule has 0 amide bonds. The highest BCUT2D eigenvalue weighted by Crippen LogP contribution is 2.51. The third-order valence-corrected chi connectivity index (χ3v) is 13.6. The molecular formula is C66H84B2F8N4O5. The van der Waals surface area contributed by atoms with Crippen molar-refractivity contribution in [1.29, 1.82) is 0 Å². The molecule has 19 heteroatoms. The number of aryl methyl sites for hydroxylation is 1. The summed E-state index contributed by atoms with van der Waals surface area (Å²) in [5, 5.41) is 0. The van der Waals surface area contributed by atoms with E-state index in [0.29, 0.717) is 32.3 Å². The molecule has 0 saturated carbocycles. The number of hydrogen-bond acceptors (Lipinski definition) is 7. The number of rotatable bonds is 20. The summed E-state index contributed by atoms with van der Waals surface area (Å²) in [6.07, 6.45) is 13.2. The molecule has 8 rings (SSSR count). The average molecular weight is 1190 g/mol. The van der Waals surface area contributed by atoms with Gasteiger partial charge in [-0.1, -0.05) is 138 Å². The Labute approximate surface area is 498 Å². The molecule has 85 heavy (non-hydrogen) atoms. The molecular weight excluding hydrogens is 1100 g/mol. The maximum absolute atomic E-state index is 12.2. The maximum atomic E-state index is 12.2. The highest BCUT2D eigenvalue weighted by Gasteiger charge is 2.30. The predicted molar refractivity (Wildman–Crippen MR) is 328 cm³/mol. The number of nitrogens with zero attached hydrogens (tertiary/aromatic N) is 4. The van der Waals surface area contributed by atoms with E-state index < -0.39 is 19.9 Å². The number of hydrogen-bond donors (Lipinski definition) is 0. The first-order valence-electron chi connectivity index (χ1n) is 29.0. The Bertz CT molecular complexity index is 2880. The van der Waals surface area contributed by atoms with Crippen molar-refractivity contribution in [2.45, 2.75) is 113 Å². The Morgan fingerprint density at radius 2 is 0.976 bits per heavy atom. The van der Waals surface area contributed by atoms with Crippen LogP contribution in [0.25, 0.3) is 11.1 Å². The lowest BCUT2D eigenvalue weighted by atomic mass is 9.91. The van der Waals surface area contributed by atoms with E-state index in [2.05, 4.69) is 222 Å². The highest BCUT2D eigenvalue weighted by atomic mass is 19.5. The molecule has 5 aromatic carbocycles. The molecule has 9 nitrogen and oxygen atoms in total. The number of halogens is 8. The van der Waals surface area contributed by atoms with Crippen LogP contribution < -0.4 is 18.9 Å². The number of pyridine rings is 2. The van der Waals surface area contributed by atoms with E-state index in [0.717, 1.165) is 51.0 Å². The Hall–Kier alpha value is -7.53. The fourth-order valence-corrected chi connectivity index (χ4v) is 8.08. The molecule has 460 valence electrons. The Morgan fingerprint density at radius 1 is 0.529 bits per heavy atom. The summed E-state index contributed by atoms with van der Waals surface area (Å²) < 4.78 is 97.9. The number of anilines is 5.